The summed E-state index contributed by atoms with van der Waals surface area (Å²) < 4.78 is 26.8. The largest absolute Gasteiger partial charge is 0.347 e. The molecule has 2 aromatic carbocycles. The molecule has 0 spiro atoms. The van der Waals surface area contributed by atoms with Crippen molar-refractivity contribution >= 4 is 11.6 Å². The zero-order valence-corrected chi connectivity index (χ0v) is 14.7. The normalized spacial score (nSPS) is 19.5. The molecule has 142 valence electrons. The number of hydrogen-bond donors (Lipinski definition) is 2. The van der Waals surface area contributed by atoms with Crippen molar-refractivity contribution in [3.05, 3.63) is 74.8 Å². The maximum Gasteiger partial charge on any atom is 0.270 e. The van der Waals surface area contributed by atoms with Crippen LogP contribution >= 0.6 is 0 Å². The van der Waals surface area contributed by atoms with E-state index in [0.717, 1.165) is 12.1 Å². The van der Waals surface area contributed by atoms with Gasteiger partial charge >= 0.3 is 0 Å². The highest BCUT2D eigenvalue weighted by Gasteiger charge is 2.29. The first kappa shape index (κ1) is 18.9. The zero-order valence-electron chi connectivity index (χ0n) is 14.7. The first-order chi connectivity index (χ1) is 12.9. The Balaban J connectivity index is 1.84. The smallest absolute Gasteiger partial charge is 0.270 e. The fourth-order valence-corrected chi connectivity index (χ4v) is 3.37. The molecule has 3 rings (SSSR count). The molecule has 1 aliphatic heterocycles. The SMILES string of the molecule is Cc1ccc([N+](=O)[O-])cc1C(=O)NC1CNCCC1c1ccc(F)c(F)c1. The number of halogens is 2. The maximum absolute atomic E-state index is 13.6. The molecule has 2 atom stereocenters. The van der Waals surface area contributed by atoms with E-state index in [9.17, 15) is 23.7 Å². The summed E-state index contributed by atoms with van der Waals surface area (Å²) in [5, 5.41) is 17.0. The van der Waals surface area contributed by atoms with Crippen molar-refractivity contribution < 1.29 is 18.5 Å². The van der Waals surface area contributed by atoms with Gasteiger partial charge in [0.2, 0.25) is 0 Å². The van der Waals surface area contributed by atoms with Crippen LogP contribution in [-0.4, -0.2) is 30.0 Å². The van der Waals surface area contributed by atoms with Gasteiger partial charge in [-0.25, -0.2) is 8.78 Å². The first-order valence-corrected chi connectivity index (χ1v) is 8.58. The number of carbonyl (C=O) groups excluding carboxylic acids is 1. The quantitative estimate of drug-likeness (QED) is 0.635. The zero-order chi connectivity index (χ0) is 19.6. The van der Waals surface area contributed by atoms with Crippen molar-refractivity contribution in [2.24, 2.45) is 0 Å². The fourth-order valence-electron chi connectivity index (χ4n) is 3.37. The maximum atomic E-state index is 13.6. The molecule has 27 heavy (non-hydrogen) atoms. The van der Waals surface area contributed by atoms with E-state index in [1.807, 2.05) is 0 Å². The lowest BCUT2D eigenvalue weighted by Gasteiger charge is -2.33. The molecule has 2 unspecified atom stereocenters. The average molecular weight is 375 g/mol. The van der Waals surface area contributed by atoms with Gasteiger partial charge in [0.1, 0.15) is 0 Å². The summed E-state index contributed by atoms with van der Waals surface area (Å²) in [5.41, 5.74) is 1.28. The van der Waals surface area contributed by atoms with E-state index in [1.54, 1.807) is 6.92 Å². The van der Waals surface area contributed by atoms with Crippen LogP contribution in [0.15, 0.2) is 36.4 Å². The molecule has 8 heteroatoms. The molecular weight excluding hydrogens is 356 g/mol. The Morgan fingerprint density at radius 1 is 1.22 bits per heavy atom. The predicted molar refractivity (Wildman–Crippen MR) is 95.7 cm³/mol. The number of hydrogen-bond acceptors (Lipinski definition) is 4. The van der Waals surface area contributed by atoms with Crippen LogP contribution in [0, 0.1) is 28.7 Å². The molecule has 0 saturated carbocycles. The van der Waals surface area contributed by atoms with Crippen LogP contribution in [0.25, 0.3) is 0 Å². The highest BCUT2D eigenvalue weighted by molar-refractivity contribution is 5.96. The summed E-state index contributed by atoms with van der Waals surface area (Å²) in [4.78, 5) is 23.1. The Hall–Kier alpha value is -2.87. The van der Waals surface area contributed by atoms with E-state index in [0.29, 0.717) is 30.6 Å². The van der Waals surface area contributed by atoms with Gasteiger partial charge in [0.25, 0.3) is 11.6 Å². The van der Waals surface area contributed by atoms with Crippen LogP contribution < -0.4 is 10.6 Å². The van der Waals surface area contributed by atoms with E-state index in [2.05, 4.69) is 10.6 Å². The van der Waals surface area contributed by atoms with Crippen molar-refractivity contribution in [2.75, 3.05) is 13.1 Å². The summed E-state index contributed by atoms with van der Waals surface area (Å²) in [7, 11) is 0. The van der Waals surface area contributed by atoms with Crippen LogP contribution in [0.3, 0.4) is 0 Å². The van der Waals surface area contributed by atoms with Gasteiger partial charge in [0.15, 0.2) is 11.6 Å². The van der Waals surface area contributed by atoms with Crippen molar-refractivity contribution in [3.8, 4) is 0 Å². The molecule has 1 heterocycles. The second-order valence-electron chi connectivity index (χ2n) is 6.61. The molecule has 0 radical (unpaired) electrons. The fraction of sp³-hybridized carbons (Fsp3) is 0.316. The molecule has 0 aliphatic carbocycles. The van der Waals surface area contributed by atoms with Crippen LogP contribution in [0.1, 0.15) is 33.8 Å². The van der Waals surface area contributed by atoms with E-state index < -0.39 is 22.5 Å². The van der Waals surface area contributed by atoms with Gasteiger partial charge in [0, 0.05) is 36.2 Å². The number of carbonyl (C=O) groups is 1. The van der Waals surface area contributed by atoms with Gasteiger partial charge in [-0.15, -0.1) is 0 Å². The predicted octanol–water partition coefficient (Wildman–Crippen LogP) is 3.06. The first-order valence-electron chi connectivity index (χ1n) is 8.58. The number of nitro groups is 1. The minimum absolute atomic E-state index is 0.162. The van der Waals surface area contributed by atoms with Gasteiger partial charge in [-0.1, -0.05) is 12.1 Å². The topological polar surface area (TPSA) is 84.3 Å². The molecule has 1 aliphatic rings. The monoisotopic (exact) mass is 375 g/mol. The highest BCUT2D eigenvalue weighted by atomic mass is 19.2. The van der Waals surface area contributed by atoms with Crippen LogP contribution in [0.2, 0.25) is 0 Å². The number of nitro benzene ring substituents is 1. The van der Waals surface area contributed by atoms with Crippen molar-refractivity contribution in [1.82, 2.24) is 10.6 Å². The molecule has 2 N–H and O–H groups in total. The summed E-state index contributed by atoms with van der Waals surface area (Å²) >= 11 is 0. The second kappa shape index (κ2) is 7.79. The van der Waals surface area contributed by atoms with Crippen LogP contribution in [0.5, 0.6) is 0 Å². The Bertz CT molecular complexity index is 888. The summed E-state index contributed by atoms with van der Waals surface area (Å²) in [6.07, 6.45) is 0.643. The van der Waals surface area contributed by atoms with Gasteiger partial charge in [0.05, 0.1) is 4.92 Å². The number of piperidine rings is 1. The number of non-ortho nitro benzene ring substituents is 1. The lowest BCUT2D eigenvalue weighted by molar-refractivity contribution is -0.384. The van der Waals surface area contributed by atoms with E-state index in [4.69, 9.17) is 0 Å². The van der Waals surface area contributed by atoms with E-state index >= 15 is 0 Å². The van der Waals surface area contributed by atoms with Gasteiger partial charge < -0.3 is 10.6 Å². The number of benzene rings is 2. The molecule has 1 fully saturated rings. The number of nitrogens with zero attached hydrogens (tertiary/aromatic N) is 1. The van der Waals surface area contributed by atoms with Crippen molar-refractivity contribution in [3.63, 3.8) is 0 Å². The Morgan fingerprint density at radius 3 is 2.70 bits per heavy atom. The number of amides is 1. The number of nitrogens with one attached hydrogen (secondary N) is 2. The lowest BCUT2D eigenvalue weighted by Crippen LogP contribution is -2.50. The minimum Gasteiger partial charge on any atom is -0.347 e. The Labute approximate surface area is 154 Å². The third-order valence-electron chi connectivity index (χ3n) is 4.85. The number of aryl methyl sites for hydroxylation is 1. The molecule has 6 nitrogen and oxygen atoms in total. The minimum atomic E-state index is -0.925. The Kier molecular flexibility index (Phi) is 5.46. The summed E-state index contributed by atoms with van der Waals surface area (Å²) in [6, 6.07) is 7.52. The lowest BCUT2D eigenvalue weighted by atomic mass is 9.85. The highest BCUT2D eigenvalue weighted by Crippen LogP contribution is 2.27. The molecule has 0 bridgehead atoms. The summed E-state index contributed by atoms with van der Waals surface area (Å²) in [5.74, 6) is -2.46. The van der Waals surface area contributed by atoms with Crippen LogP contribution in [0.4, 0.5) is 14.5 Å². The second-order valence-corrected chi connectivity index (χ2v) is 6.61. The van der Waals surface area contributed by atoms with Crippen LogP contribution in [-0.2, 0) is 0 Å². The molecule has 1 amide bonds. The summed E-state index contributed by atoms with van der Waals surface area (Å²) in [6.45, 7) is 2.85. The van der Waals surface area contributed by atoms with E-state index in [-0.39, 0.29) is 23.2 Å². The standard InChI is InChI=1S/C19H19F2N3O3/c1-11-2-4-13(24(26)27)9-15(11)19(25)23-18-10-22-7-6-14(18)12-3-5-16(20)17(21)8-12/h2-5,8-9,14,18,22H,6-7,10H2,1H3,(H,23,25). The molecule has 2 aromatic rings. The van der Waals surface area contributed by atoms with Gasteiger partial charge in [-0.05, 0) is 43.1 Å². The Morgan fingerprint density at radius 2 is 2.00 bits per heavy atom. The number of rotatable bonds is 4. The third kappa shape index (κ3) is 4.11. The van der Waals surface area contributed by atoms with Crippen molar-refractivity contribution in [2.45, 2.75) is 25.3 Å². The molecular formula is C19H19F2N3O3. The van der Waals surface area contributed by atoms with Crippen molar-refractivity contribution in [1.29, 1.82) is 0 Å². The van der Waals surface area contributed by atoms with Gasteiger partial charge in [-0.3, -0.25) is 14.9 Å². The molecule has 1 saturated heterocycles. The van der Waals surface area contributed by atoms with Gasteiger partial charge in [-0.2, -0.15) is 0 Å². The average Bonchev–Trinajstić information content (AvgIpc) is 2.64. The third-order valence-corrected chi connectivity index (χ3v) is 4.85. The molecule has 0 aromatic heterocycles. The van der Waals surface area contributed by atoms with E-state index in [1.165, 1.54) is 24.3 Å².